The zero-order chi connectivity index (χ0) is 32.1. The van der Waals surface area contributed by atoms with Crippen molar-refractivity contribution < 1.29 is 24.6 Å². The molecule has 14 heteroatoms. The lowest BCUT2D eigenvalue weighted by molar-refractivity contribution is -0.131. The van der Waals surface area contributed by atoms with Crippen LogP contribution in [-0.2, 0) is 27.2 Å². The molecule has 1 unspecified atom stereocenters. The predicted octanol–water partition coefficient (Wildman–Crippen LogP) is -0.741. The number of unbranched alkanes of at least 4 members (excludes halogenated alkanes) is 1. The number of amides is 2. The number of carbonyl (C=O) groups is 3. The molecule has 2 aromatic carbocycles. The fourth-order valence-corrected chi connectivity index (χ4v) is 5.01. The number of phenols is 2. The van der Waals surface area contributed by atoms with Crippen LogP contribution >= 0.6 is 0 Å². The van der Waals surface area contributed by atoms with Crippen molar-refractivity contribution >= 4 is 30.0 Å². The average Bonchev–Trinajstić information content (AvgIpc) is 3.69. The largest absolute Gasteiger partial charge is 0.508 e. The third-order valence-corrected chi connectivity index (χ3v) is 7.42. The summed E-state index contributed by atoms with van der Waals surface area (Å²) in [6.45, 7) is 0.778. The first kappa shape index (κ1) is 33.6. The number of rotatable bonds is 18. The summed E-state index contributed by atoms with van der Waals surface area (Å²) in [5.74, 6) is -0.748. The molecule has 0 aromatic heterocycles. The first-order valence-corrected chi connectivity index (χ1v) is 14.5. The number of carbonyl (C=O) groups excluding carboxylic acids is 3. The van der Waals surface area contributed by atoms with E-state index in [0.29, 0.717) is 50.6 Å². The molecule has 238 valence electrons. The molecule has 1 aliphatic rings. The SMILES string of the molecule is NC(N)=NCCCCC1N[C@@]1(Cc1ccc(O)cc1)C(=O)N[C@@H](Cc1ccc(O)cc1)C(=O)N[C@H](C=O)CCCN=C(N)N. The second kappa shape index (κ2) is 16.1. The van der Waals surface area contributed by atoms with Gasteiger partial charge in [-0.05, 0) is 67.5 Å². The Morgan fingerprint density at radius 1 is 0.864 bits per heavy atom. The molecular formula is C30H43N9O5. The van der Waals surface area contributed by atoms with Crippen LogP contribution in [-0.4, -0.2) is 77.0 Å². The van der Waals surface area contributed by atoms with Crippen LogP contribution in [0.4, 0.5) is 0 Å². The molecule has 13 N–H and O–H groups in total. The zero-order valence-electron chi connectivity index (χ0n) is 24.6. The number of nitrogens with zero attached hydrogens (tertiary/aromatic N) is 2. The lowest BCUT2D eigenvalue weighted by Gasteiger charge is -2.24. The van der Waals surface area contributed by atoms with Crippen LogP contribution in [0.2, 0.25) is 0 Å². The van der Waals surface area contributed by atoms with Gasteiger partial charge in [0.25, 0.3) is 0 Å². The minimum atomic E-state index is -1.02. The molecule has 44 heavy (non-hydrogen) atoms. The monoisotopic (exact) mass is 609 g/mol. The number of aliphatic imine (C=N–C) groups is 2. The Hall–Kier alpha value is -4.85. The molecule has 0 bridgehead atoms. The van der Waals surface area contributed by atoms with E-state index in [0.717, 1.165) is 18.4 Å². The fourth-order valence-electron chi connectivity index (χ4n) is 5.01. The first-order valence-electron chi connectivity index (χ1n) is 14.5. The van der Waals surface area contributed by atoms with E-state index in [9.17, 15) is 24.6 Å². The van der Waals surface area contributed by atoms with Crippen molar-refractivity contribution in [1.82, 2.24) is 16.0 Å². The molecule has 0 spiro atoms. The summed E-state index contributed by atoms with van der Waals surface area (Å²) in [5.41, 5.74) is 22.0. The molecule has 1 heterocycles. The smallest absolute Gasteiger partial charge is 0.243 e. The van der Waals surface area contributed by atoms with Gasteiger partial charge in [0.1, 0.15) is 29.4 Å². The van der Waals surface area contributed by atoms with Gasteiger partial charge >= 0.3 is 0 Å². The van der Waals surface area contributed by atoms with E-state index in [4.69, 9.17) is 22.9 Å². The molecule has 4 atom stereocenters. The molecule has 2 amide bonds. The summed E-state index contributed by atoms with van der Waals surface area (Å²) >= 11 is 0. The Morgan fingerprint density at radius 3 is 2.00 bits per heavy atom. The Labute approximate surface area is 256 Å². The highest BCUT2D eigenvalue weighted by Gasteiger charge is 2.59. The summed E-state index contributed by atoms with van der Waals surface area (Å²) in [7, 11) is 0. The van der Waals surface area contributed by atoms with Gasteiger partial charge in [-0.3, -0.25) is 24.9 Å². The Balaban J connectivity index is 1.77. The second-order valence-electron chi connectivity index (χ2n) is 10.9. The van der Waals surface area contributed by atoms with Crippen molar-refractivity contribution in [3.05, 3.63) is 59.7 Å². The highest BCUT2D eigenvalue weighted by atomic mass is 16.3. The topological polar surface area (TPSA) is 266 Å². The van der Waals surface area contributed by atoms with E-state index in [2.05, 4.69) is 25.9 Å². The fraction of sp³-hybridized carbons (Fsp3) is 0.433. The van der Waals surface area contributed by atoms with Gasteiger partial charge in [-0.15, -0.1) is 0 Å². The van der Waals surface area contributed by atoms with E-state index < -0.39 is 23.5 Å². The number of nitrogens with two attached hydrogens (primary N) is 4. The summed E-state index contributed by atoms with van der Waals surface area (Å²) in [5, 5.41) is 28.4. The van der Waals surface area contributed by atoms with Crippen LogP contribution in [0.25, 0.3) is 0 Å². The number of phenolic OH excluding ortho intramolecular Hbond substituents is 2. The highest BCUT2D eigenvalue weighted by molar-refractivity contribution is 5.96. The van der Waals surface area contributed by atoms with Crippen LogP contribution < -0.4 is 38.9 Å². The molecule has 1 saturated heterocycles. The molecule has 1 fully saturated rings. The van der Waals surface area contributed by atoms with Crippen molar-refractivity contribution in [2.45, 2.75) is 68.6 Å². The minimum Gasteiger partial charge on any atom is -0.508 e. The maximum absolute atomic E-state index is 14.0. The number of aldehydes is 1. The number of benzene rings is 2. The molecule has 1 aliphatic heterocycles. The molecule has 14 nitrogen and oxygen atoms in total. The number of hydrogen-bond acceptors (Lipinski definition) is 8. The van der Waals surface area contributed by atoms with E-state index in [1.807, 2.05) is 0 Å². The molecule has 0 aliphatic carbocycles. The Morgan fingerprint density at radius 2 is 1.43 bits per heavy atom. The lowest BCUT2D eigenvalue weighted by Crippen LogP contribution is -2.55. The maximum atomic E-state index is 14.0. The van der Waals surface area contributed by atoms with Crippen molar-refractivity contribution in [2.75, 3.05) is 13.1 Å². The number of guanidine groups is 2. The van der Waals surface area contributed by atoms with Gasteiger partial charge in [0.15, 0.2) is 11.9 Å². The van der Waals surface area contributed by atoms with Crippen LogP contribution in [0.5, 0.6) is 11.5 Å². The van der Waals surface area contributed by atoms with Crippen LogP contribution in [0.1, 0.15) is 43.2 Å². The van der Waals surface area contributed by atoms with Gasteiger partial charge in [-0.1, -0.05) is 24.3 Å². The van der Waals surface area contributed by atoms with Gasteiger partial charge in [-0.2, -0.15) is 0 Å². The van der Waals surface area contributed by atoms with E-state index in [-0.39, 0.29) is 41.8 Å². The van der Waals surface area contributed by atoms with E-state index in [1.165, 1.54) is 12.1 Å². The standard InChI is InChI=1S/C30H43N9O5/c31-28(32)35-14-2-1-5-25-30(39-25,17-20-8-12-23(42)13-9-20)27(44)38-24(16-19-6-10-22(41)11-7-19)26(43)37-21(18-40)4-3-15-36-29(33)34/h6-13,18,21,24-25,39,41-42H,1-5,14-17H2,(H,37,43)(H,38,44)(H4,31,32,35)(H4,33,34,36)/t21-,24-,25?,30+/m0/s1. The molecule has 0 radical (unpaired) electrons. The number of aromatic hydroxyl groups is 2. The van der Waals surface area contributed by atoms with Gasteiger partial charge in [0, 0.05) is 32.0 Å². The Kier molecular flexibility index (Phi) is 12.3. The normalized spacial score (nSPS) is 18.3. The quantitative estimate of drug-likeness (QED) is 0.0336. The lowest BCUT2D eigenvalue weighted by atomic mass is 9.91. The van der Waals surface area contributed by atoms with E-state index in [1.54, 1.807) is 36.4 Å². The summed E-state index contributed by atoms with van der Waals surface area (Å²) < 4.78 is 0. The average molecular weight is 610 g/mol. The van der Waals surface area contributed by atoms with Gasteiger partial charge in [0.05, 0.1) is 6.04 Å². The first-order chi connectivity index (χ1) is 21.0. The number of hydrogen-bond donors (Lipinski definition) is 9. The Bertz CT molecular complexity index is 1310. The molecule has 3 rings (SSSR count). The van der Waals surface area contributed by atoms with Crippen molar-refractivity contribution in [3.63, 3.8) is 0 Å². The van der Waals surface area contributed by atoms with Gasteiger partial charge in [-0.25, -0.2) is 0 Å². The molecule has 2 aromatic rings. The third kappa shape index (κ3) is 10.5. The third-order valence-electron chi connectivity index (χ3n) is 7.42. The van der Waals surface area contributed by atoms with Crippen LogP contribution in [0.3, 0.4) is 0 Å². The van der Waals surface area contributed by atoms with Crippen LogP contribution in [0.15, 0.2) is 58.5 Å². The maximum Gasteiger partial charge on any atom is 0.243 e. The summed E-state index contributed by atoms with van der Waals surface area (Å²) in [6, 6.07) is 10.9. The number of nitrogens with one attached hydrogen (secondary N) is 3. The van der Waals surface area contributed by atoms with Gasteiger partial charge < -0.3 is 48.6 Å². The molecule has 0 saturated carbocycles. The van der Waals surface area contributed by atoms with Crippen molar-refractivity contribution in [2.24, 2.45) is 32.9 Å². The predicted molar refractivity (Wildman–Crippen MR) is 168 cm³/mol. The van der Waals surface area contributed by atoms with E-state index >= 15 is 0 Å². The summed E-state index contributed by atoms with van der Waals surface area (Å²) in [4.78, 5) is 47.1. The highest BCUT2D eigenvalue weighted by Crippen LogP contribution is 2.35. The summed E-state index contributed by atoms with van der Waals surface area (Å²) in [6.07, 6.45) is 4.01. The molecular weight excluding hydrogens is 566 g/mol. The second-order valence-corrected chi connectivity index (χ2v) is 10.9. The minimum absolute atomic E-state index is 0.0270. The van der Waals surface area contributed by atoms with Crippen LogP contribution in [0, 0.1) is 0 Å². The zero-order valence-corrected chi connectivity index (χ0v) is 24.6. The van der Waals surface area contributed by atoms with Crippen molar-refractivity contribution in [1.29, 1.82) is 0 Å². The van der Waals surface area contributed by atoms with Gasteiger partial charge in [0.2, 0.25) is 11.8 Å². The van der Waals surface area contributed by atoms with Crippen molar-refractivity contribution in [3.8, 4) is 11.5 Å².